The van der Waals surface area contributed by atoms with Crippen LogP contribution in [0.15, 0.2) is 72.8 Å². The quantitative estimate of drug-likeness (QED) is 0.245. The minimum atomic E-state index is -0.443. The van der Waals surface area contributed by atoms with Crippen LogP contribution in [0.5, 0.6) is 17.2 Å². The fraction of sp³-hybridized carbons (Fsp3) is 0.0909. The Morgan fingerprint density at radius 1 is 0.786 bits per heavy atom. The molecule has 142 valence electrons. The Labute approximate surface area is 162 Å². The summed E-state index contributed by atoms with van der Waals surface area (Å²) in [6.45, 7) is 0. The molecule has 0 radical (unpaired) electrons. The SMILES string of the molecule is COc1ccc(/C=C(\Oc2ccc([N+](=O)[O-])cc2)c2ccc(OC)cc2)cc1. The van der Waals surface area contributed by atoms with Gasteiger partial charge in [0.15, 0.2) is 0 Å². The van der Waals surface area contributed by atoms with Crippen molar-refractivity contribution >= 4 is 17.5 Å². The molecule has 0 aromatic heterocycles. The van der Waals surface area contributed by atoms with Gasteiger partial charge >= 0.3 is 0 Å². The minimum Gasteiger partial charge on any atom is -0.497 e. The lowest BCUT2D eigenvalue weighted by molar-refractivity contribution is -0.384. The Bertz CT molecular complexity index is 961. The molecule has 0 spiro atoms. The van der Waals surface area contributed by atoms with Crippen LogP contribution < -0.4 is 14.2 Å². The van der Waals surface area contributed by atoms with Crippen LogP contribution in [0.4, 0.5) is 5.69 Å². The van der Waals surface area contributed by atoms with Crippen LogP contribution in [0.2, 0.25) is 0 Å². The van der Waals surface area contributed by atoms with Crippen LogP contribution in [0.25, 0.3) is 11.8 Å². The molecule has 0 N–H and O–H groups in total. The third-order valence-corrected chi connectivity index (χ3v) is 4.06. The highest BCUT2D eigenvalue weighted by atomic mass is 16.6. The predicted octanol–water partition coefficient (Wildman–Crippen LogP) is 5.19. The van der Waals surface area contributed by atoms with Crippen LogP contribution in [0.1, 0.15) is 11.1 Å². The van der Waals surface area contributed by atoms with Crippen molar-refractivity contribution in [3.8, 4) is 17.2 Å². The number of ether oxygens (including phenoxy) is 3. The average Bonchev–Trinajstić information content (AvgIpc) is 2.74. The highest BCUT2D eigenvalue weighted by molar-refractivity contribution is 5.79. The van der Waals surface area contributed by atoms with E-state index in [4.69, 9.17) is 14.2 Å². The molecule has 0 fully saturated rings. The molecule has 0 saturated carbocycles. The third kappa shape index (κ3) is 4.67. The van der Waals surface area contributed by atoms with Gasteiger partial charge in [-0.3, -0.25) is 10.1 Å². The Balaban J connectivity index is 1.94. The maximum atomic E-state index is 10.8. The van der Waals surface area contributed by atoms with Crippen LogP contribution in [-0.2, 0) is 0 Å². The van der Waals surface area contributed by atoms with Gasteiger partial charge in [-0.2, -0.15) is 0 Å². The van der Waals surface area contributed by atoms with Crippen molar-refractivity contribution in [2.75, 3.05) is 14.2 Å². The number of nitro benzene ring substituents is 1. The van der Waals surface area contributed by atoms with Crippen molar-refractivity contribution < 1.29 is 19.1 Å². The summed E-state index contributed by atoms with van der Waals surface area (Å²) >= 11 is 0. The summed E-state index contributed by atoms with van der Waals surface area (Å²) in [6, 6.07) is 21.0. The molecule has 28 heavy (non-hydrogen) atoms. The van der Waals surface area contributed by atoms with Gasteiger partial charge in [-0.05, 0) is 60.2 Å². The van der Waals surface area contributed by atoms with Gasteiger partial charge in [-0.25, -0.2) is 0 Å². The fourth-order valence-corrected chi connectivity index (χ4v) is 2.54. The van der Waals surface area contributed by atoms with E-state index in [1.165, 1.54) is 12.1 Å². The number of hydrogen-bond donors (Lipinski definition) is 0. The minimum absolute atomic E-state index is 0.0116. The summed E-state index contributed by atoms with van der Waals surface area (Å²) < 4.78 is 16.4. The zero-order valence-electron chi connectivity index (χ0n) is 15.5. The Morgan fingerprint density at radius 3 is 1.79 bits per heavy atom. The highest BCUT2D eigenvalue weighted by Crippen LogP contribution is 2.27. The van der Waals surface area contributed by atoms with Gasteiger partial charge < -0.3 is 14.2 Å². The molecular weight excluding hydrogens is 358 g/mol. The topological polar surface area (TPSA) is 70.8 Å². The van der Waals surface area contributed by atoms with E-state index in [-0.39, 0.29) is 5.69 Å². The van der Waals surface area contributed by atoms with Crippen molar-refractivity contribution in [1.29, 1.82) is 0 Å². The normalized spacial score (nSPS) is 11.0. The number of non-ortho nitro benzene ring substituents is 1. The van der Waals surface area contributed by atoms with Gasteiger partial charge in [0.1, 0.15) is 23.0 Å². The van der Waals surface area contributed by atoms with E-state index >= 15 is 0 Å². The molecular formula is C22H19NO5. The number of rotatable bonds is 7. The van der Waals surface area contributed by atoms with Crippen LogP contribution in [-0.4, -0.2) is 19.1 Å². The molecule has 3 aromatic rings. The first-order valence-corrected chi connectivity index (χ1v) is 8.51. The second-order valence-electron chi connectivity index (χ2n) is 5.86. The first-order valence-electron chi connectivity index (χ1n) is 8.51. The van der Waals surface area contributed by atoms with E-state index < -0.39 is 4.92 Å². The number of methoxy groups -OCH3 is 2. The zero-order chi connectivity index (χ0) is 19.9. The number of nitro groups is 1. The van der Waals surface area contributed by atoms with Crippen molar-refractivity contribution in [3.05, 3.63) is 94.0 Å². The maximum Gasteiger partial charge on any atom is 0.269 e. The van der Waals surface area contributed by atoms with Crippen molar-refractivity contribution in [2.45, 2.75) is 0 Å². The second-order valence-corrected chi connectivity index (χ2v) is 5.86. The Morgan fingerprint density at radius 2 is 1.29 bits per heavy atom. The largest absolute Gasteiger partial charge is 0.497 e. The molecule has 0 aliphatic carbocycles. The van der Waals surface area contributed by atoms with E-state index in [1.807, 2.05) is 54.6 Å². The monoisotopic (exact) mass is 377 g/mol. The fourth-order valence-electron chi connectivity index (χ4n) is 2.54. The second kappa shape index (κ2) is 8.73. The lowest BCUT2D eigenvalue weighted by atomic mass is 10.1. The van der Waals surface area contributed by atoms with Gasteiger partial charge in [-0.15, -0.1) is 0 Å². The Hall–Kier alpha value is -3.80. The lowest BCUT2D eigenvalue weighted by Gasteiger charge is -2.12. The van der Waals surface area contributed by atoms with E-state index in [9.17, 15) is 10.1 Å². The number of benzene rings is 3. The third-order valence-electron chi connectivity index (χ3n) is 4.06. The molecule has 3 aromatic carbocycles. The van der Waals surface area contributed by atoms with Crippen molar-refractivity contribution in [2.24, 2.45) is 0 Å². The molecule has 0 aliphatic heterocycles. The van der Waals surface area contributed by atoms with E-state index in [0.29, 0.717) is 11.5 Å². The summed E-state index contributed by atoms with van der Waals surface area (Å²) in [5.41, 5.74) is 1.78. The molecule has 0 aliphatic rings. The summed E-state index contributed by atoms with van der Waals surface area (Å²) in [6.07, 6.45) is 1.89. The molecule has 0 unspecified atom stereocenters. The van der Waals surface area contributed by atoms with Gasteiger partial charge in [-0.1, -0.05) is 12.1 Å². The van der Waals surface area contributed by atoms with E-state index in [0.717, 1.165) is 22.6 Å². The average molecular weight is 377 g/mol. The molecule has 6 nitrogen and oxygen atoms in total. The smallest absolute Gasteiger partial charge is 0.269 e. The molecule has 6 heteroatoms. The van der Waals surface area contributed by atoms with E-state index in [1.54, 1.807) is 26.4 Å². The first-order chi connectivity index (χ1) is 13.6. The van der Waals surface area contributed by atoms with Gasteiger partial charge in [0.05, 0.1) is 19.1 Å². The molecule has 0 heterocycles. The van der Waals surface area contributed by atoms with Crippen molar-refractivity contribution in [3.63, 3.8) is 0 Å². The number of nitrogens with zero attached hydrogens (tertiary/aromatic N) is 1. The molecule has 0 atom stereocenters. The maximum absolute atomic E-state index is 10.8. The summed E-state index contributed by atoms with van der Waals surface area (Å²) in [4.78, 5) is 10.4. The van der Waals surface area contributed by atoms with E-state index in [2.05, 4.69) is 0 Å². The predicted molar refractivity (Wildman–Crippen MR) is 108 cm³/mol. The summed E-state index contributed by atoms with van der Waals surface area (Å²) in [7, 11) is 3.22. The summed E-state index contributed by atoms with van der Waals surface area (Å²) in [5, 5.41) is 10.8. The molecule has 0 bridgehead atoms. The van der Waals surface area contributed by atoms with Crippen LogP contribution in [0, 0.1) is 10.1 Å². The highest BCUT2D eigenvalue weighted by Gasteiger charge is 2.09. The molecule has 0 saturated heterocycles. The zero-order valence-corrected chi connectivity index (χ0v) is 15.5. The van der Waals surface area contributed by atoms with Gasteiger partial charge in [0.2, 0.25) is 0 Å². The molecule has 3 rings (SSSR count). The molecule has 0 amide bonds. The standard InChI is InChI=1S/C22H19NO5/c1-26-19-9-3-16(4-10-19)15-22(17-5-11-20(27-2)12-6-17)28-21-13-7-18(8-14-21)23(24)25/h3-15H,1-2H3/b22-15-. The lowest BCUT2D eigenvalue weighted by Crippen LogP contribution is -1.96. The van der Waals surface area contributed by atoms with Crippen LogP contribution >= 0.6 is 0 Å². The summed E-state index contributed by atoms with van der Waals surface area (Å²) in [5.74, 6) is 2.60. The van der Waals surface area contributed by atoms with Gasteiger partial charge in [0.25, 0.3) is 5.69 Å². The van der Waals surface area contributed by atoms with Crippen LogP contribution in [0.3, 0.4) is 0 Å². The first kappa shape index (κ1) is 19.0. The van der Waals surface area contributed by atoms with Crippen molar-refractivity contribution in [1.82, 2.24) is 0 Å². The number of hydrogen-bond acceptors (Lipinski definition) is 5. The Kier molecular flexibility index (Phi) is 5.91. The van der Waals surface area contributed by atoms with Gasteiger partial charge in [0, 0.05) is 17.7 Å².